The number of aromatic nitrogens is 2. The monoisotopic (exact) mass is 364 g/mol. The van der Waals surface area contributed by atoms with Gasteiger partial charge in [0.05, 0.1) is 38.2 Å². The standard InChI is InChI=1S/C17H24N4O5/c1-9(2)13-18-5-12(20-13)15(23)21-7-17(25,8-21)6-19-14(22)10-4-11(10)16(24)26-3/h5,9-11,25H,4,6-8H2,1-3H3,(H,18,20)(H,19,22). The number of aliphatic hydroxyl groups is 1. The second kappa shape index (κ2) is 6.71. The van der Waals surface area contributed by atoms with Crippen LogP contribution in [0.5, 0.6) is 0 Å². The van der Waals surface area contributed by atoms with Gasteiger partial charge in [0.15, 0.2) is 0 Å². The van der Waals surface area contributed by atoms with Crippen molar-refractivity contribution < 1.29 is 24.2 Å². The van der Waals surface area contributed by atoms with Crippen molar-refractivity contribution >= 4 is 17.8 Å². The zero-order chi connectivity index (χ0) is 19.1. The summed E-state index contributed by atoms with van der Waals surface area (Å²) in [5, 5.41) is 13.1. The Morgan fingerprint density at radius 2 is 2.12 bits per heavy atom. The van der Waals surface area contributed by atoms with Gasteiger partial charge < -0.3 is 25.0 Å². The van der Waals surface area contributed by atoms with Gasteiger partial charge in [-0.25, -0.2) is 4.98 Å². The Morgan fingerprint density at radius 1 is 1.42 bits per heavy atom. The number of nitrogens with zero attached hydrogens (tertiary/aromatic N) is 2. The molecule has 0 bridgehead atoms. The third-order valence-corrected chi connectivity index (χ3v) is 4.85. The number of H-pyrrole nitrogens is 1. The van der Waals surface area contributed by atoms with Gasteiger partial charge in [0.2, 0.25) is 5.91 Å². The van der Waals surface area contributed by atoms with Crippen molar-refractivity contribution in [2.45, 2.75) is 31.8 Å². The van der Waals surface area contributed by atoms with E-state index in [0.717, 1.165) is 5.82 Å². The summed E-state index contributed by atoms with van der Waals surface area (Å²) < 4.78 is 4.61. The lowest BCUT2D eigenvalue weighted by Crippen LogP contribution is -2.67. The van der Waals surface area contributed by atoms with Gasteiger partial charge in [0.1, 0.15) is 17.1 Å². The highest BCUT2D eigenvalue weighted by Crippen LogP contribution is 2.39. The molecule has 1 aromatic heterocycles. The third-order valence-electron chi connectivity index (χ3n) is 4.85. The molecular weight excluding hydrogens is 340 g/mol. The molecule has 0 aromatic carbocycles. The molecule has 1 saturated heterocycles. The van der Waals surface area contributed by atoms with Gasteiger partial charge in [0, 0.05) is 12.5 Å². The molecule has 1 aliphatic heterocycles. The summed E-state index contributed by atoms with van der Waals surface area (Å²) in [6.45, 7) is 4.26. The number of rotatable bonds is 6. The molecule has 3 rings (SSSR count). The van der Waals surface area contributed by atoms with Gasteiger partial charge in [-0.15, -0.1) is 0 Å². The molecule has 2 heterocycles. The number of β-amino-alcohol motifs (C(OH)–C–C–N with tert-alkyl or cyclic N) is 1. The average molecular weight is 364 g/mol. The van der Waals surface area contributed by atoms with Crippen LogP contribution in [0.15, 0.2) is 6.20 Å². The van der Waals surface area contributed by atoms with Gasteiger partial charge in [-0.05, 0) is 6.42 Å². The van der Waals surface area contributed by atoms with E-state index in [1.54, 1.807) is 0 Å². The molecule has 9 heteroatoms. The summed E-state index contributed by atoms with van der Waals surface area (Å²) in [5.41, 5.74) is -0.763. The molecule has 9 nitrogen and oxygen atoms in total. The number of amides is 2. The van der Waals surface area contributed by atoms with Gasteiger partial charge in [0.25, 0.3) is 5.91 Å². The smallest absolute Gasteiger partial charge is 0.309 e. The summed E-state index contributed by atoms with van der Waals surface area (Å²) in [4.78, 5) is 44.4. The molecule has 2 fully saturated rings. The number of esters is 1. The molecule has 1 aliphatic carbocycles. The Balaban J connectivity index is 1.45. The fraction of sp³-hybridized carbons (Fsp3) is 0.647. The minimum absolute atomic E-state index is 0.0419. The van der Waals surface area contributed by atoms with E-state index < -0.39 is 5.60 Å². The van der Waals surface area contributed by atoms with Gasteiger partial charge in [-0.3, -0.25) is 14.4 Å². The molecule has 0 spiro atoms. The van der Waals surface area contributed by atoms with Crippen LogP contribution >= 0.6 is 0 Å². The van der Waals surface area contributed by atoms with E-state index in [1.807, 2.05) is 13.8 Å². The van der Waals surface area contributed by atoms with Crippen LogP contribution in [0.2, 0.25) is 0 Å². The number of methoxy groups -OCH3 is 1. The molecule has 3 N–H and O–H groups in total. The van der Waals surface area contributed by atoms with E-state index in [9.17, 15) is 19.5 Å². The Labute approximate surface area is 151 Å². The number of likely N-dealkylation sites (tertiary alicyclic amines) is 1. The number of imidazole rings is 1. The largest absolute Gasteiger partial charge is 0.469 e. The minimum atomic E-state index is -1.15. The Hall–Kier alpha value is -2.42. The van der Waals surface area contributed by atoms with Crippen molar-refractivity contribution in [3.8, 4) is 0 Å². The summed E-state index contributed by atoms with van der Waals surface area (Å²) in [7, 11) is 1.29. The summed E-state index contributed by atoms with van der Waals surface area (Å²) in [5.74, 6) is -0.725. The van der Waals surface area contributed by atoms with E-state index in [2.05, 4.69) is 20.0 Å². The topological polar surface area (TPSA) is 125 Å². The SMILES string of the molecule is COC(=O)C1CC1C(=O)NCC1(O)CN(C(=O)c2cnc(C(C)C)[nH]2)C1. The Morgan fingerprint density at radius 3 is 2.69 bits per heavy atom. The predicted octanol–water partition coefficient (Wildman–Crippen LogP) is -0.355. The molecule has 0 radical (unpaired) electrons. The molecule has 26 heavy (non-hydrogen) atoms. The molecule has 1 saturated carbocycles. The quantitative estimate of drug-likeness (QED) is 0.593. The number of aromatic amines is 1. The highest BCUT2D eigenvalue weighted by molar-refractivity contribution is 5.93. The first kappa shape index (κ1) is 18.4. The molecule has 2 atom stereocenters. The lowest BCUT2D eigenvalue weighted by atomic mass is 9.93. The zero-order valence-corrected chi connectivity index (χ0v) is 15.1. The maximum Gasteiger partial charge on any atom is 0.309 e. The molecule has 1 aromatic rings. The molecule has 2 aliphatic rings. The summed E-state index contributed by atoms with van der Waals surface area (Å²) in [6, 6.07) is 0. The van der Waals surface area contributed by atoms with Crippen LogP contribution in [0.4, 0.5) is 0 Å². The second-order valence-electron chi connectivity index (χ2n) is 7.41. The van der Waals surface area contributed by atoms with Crippen molar-refractivity contribution in [2.75, 3.05) is 26.7 Å². The van der Waals surface area contributed by atoms with Gasteiger partial charge in [-0.2, -0.15) is 0 Å². The Kier molecular flexibility index (Phi) is 4.74. The van der Waals surface area contributed by atoms with Crippen LogP contribution in [0, 0.1) is 11.8 Å². The van der Waals surface area contributed by atoms with E-state index in [0.29, 0.717) is 12.1 Å². The van der Waals surface area contributed by atoms with Crippen molar-refractivity contribution in [3.63, 3.8) is 0 Å². The zero-order valence-electron chi connectivity index (χ0n) is 15.1. The van der Waals surface area contributed by atoms with Gasteiger partial charge >= 0.3 is 5.97 Å². The van der Waals surface area contributed by atoms with Gasteiger partial charge in [-0.1, -0.05) is 13.8 Å². The number of hydrogen-bond donors (Lipinski definition) is 3. The summed E-state index contributed by atoms with van der Waals surface area (Å²) >= 11 is 0. The maximum absolute atomic E-state index is 12.4. The normalized spacial score (nSPS) is 23.3. The molecule has 2 unspecified atom stereocenters. The van der Waals surface area contributed by atoms with Crippen LogP contribution in [-0.2, 0) is 14.3 Å². The van der Waals surface area contributed by atoms with Crippen LogP contribution in [0.3, 0.4) is 0 Å². The van der Waals surface area contributed by atoms with Crippen molar-refractivity contribution in [2.24, 2.45) is 11.8 Å². The first-order valence-electron chi connectivity index (χ1n) is 8.66. The average Bonchev–Trinajstić information content (AvgIpc) is 3.23. The highest BCUT2D eigenvalue weighted by Gasteiger charge is 2.50. The lowest BCUT2D eigenvalue weighted by molar-refractivity contribution is -0.143. The Bertz CT molecular complexity index is 722. The number of hydrogen-bond acceptors (Lipinski definition) is 6. The van der Waals surface area contributed by atoms with E-state index in [4.69, 9.17) is 0 Å². The van der Waals surface area contributed by atoms with E-state index in [1.165, 1.54) is 18.2 Å². The molecule has 2 amide bonds. The lowest BCUT2D eigenvalue weighted by Gasteiger charge is -2.46. The van der Waals surface area contributed by atoms with Crippen LogP contribution < -0.4 is 5.32 Å². The number of carbonyl (C=O) groups excluding carboxylic acids is 3. The van der Waals surface area contributed by atoms with Crippen molar-refractivity contribution in [1.29, 1.82) is 0 Å². The maximum atomic E-state index is 12.4. The van der Waals surface area contributed by atoms with Crippen LogP contribution in [-0.4, -0.2) is 70.1 Å². The van der Waals surface area contributed by atoms with Crippen molar-refractivity contribution in [3.05, 3.63) is 17.7 Å². The first-order chi connectivity index (χ1) is 12.2. The second-order valence-corrected chi connectivity index (χ2v) is 7.41. The number of ether oxygens (including phenoxy) is 1. The predicted molar refractivity (Wildman–Crippen MR) is 90.2 cm³/mol. The number of nitrogens with one attached hydrogen (secondary N) is 2. The third kappa shape index (κ3) is 3.57. The first-order valence-corrected chi connectivity index (χ1v) is 8.66. The molecule has 142 valence electrons. The number of carbonyl (C=O) groups is 3. The van der Waals surface area contributed by atoms with E-state index >= 15 is 0 Å². The summed E-state index contributed by atoms with van der Waals surface area (Å²) in [6.07, 6.45) is 1.97. The molecular formula is C17H24N4O5. The van der Waals surface area contributed by atoms with Crippen LogP contribution in [0.1, 0.15) is 42.5 Å². The minimum Gasteiger partial charge on any atom is -0.469 e. The highest BCUT2D eigenvalue weighted by atomic mass is 16.5. The van der Waals surface area contributed by atoms with E-state index in [-0.39, 0.29) is 55.2 Å². The fourth-order valence-electron chi connectivity index (χ4n) is 3.11. The van der Waals surface area contributed by atoms with Crippen molar-refractivity contribution in [1.82, 2.24) is 20.2 Å². The van der Waals surface area contributed by atoms with Crippen LogP contribution in [0.25, 0.3) is 0 Å². The fourth-order valence-corrected chi connectivity index (χ4v) is 3.11.